The molecule has 11 heteroatoms. The molecule has 3 rings (SSSR count). The number of amidine groups is 1. The van der Waals surface area contributed by atoms with Crippen LogP contribution in [0.3, 0.4) is 0 Å². The van der Waals surface area contributed by atoms with Gasteiger partial charge in [-0.1, -0.05) is 16.8 Å². The zero-order chi connectivity index (χ0) is 19.1. The summed E-state index contributed by atoms with van der Waals surface area (Å²) in [6, 6.07) is 3.96. The van der Waals surface area contributed by atoms with Crippen LogP contribution in [0.25, 0.3) is 0 Å². The van der Waals surface area contributed by atoms with Crippen molar-refractivity contribution in [2.24, 2.45) is 4.99 Å². The molecular weight excluding hydrogens is 377 g/mol. The van der Waals surface area contributed by atoms with Crippen molar-refractivity contribution in [2.75, 3.05) is 39.3 Å². The van der Waals surface area contributed by atoms with Crippen molar-refractivity contribution < 1.29 is 14.2 Å². The van der Waals surface area contributed by atoms with Crippen LogP contribution in [0.4, 0.5) is 10.1 Å². The number of nitrogens with zero attached hydrogens (tertiary/aromatic N) is 4. The minimum atomic E-state index is -0.549. The summed E-state index contributed by atoms with van der Waals surface area (Å²) < 4.78 is 18.0. The van der Waals surface area contributed by atoms with Crippen LogP contribution in [0, 0.1) is 5.82 Å². The molecule has 9 nitrogen and oxygen atoms in total. The number of aromatic nitrogens is 2. The molecule has 1 aliphatic rings. The van der Waals surface area contributed by atoms with E-state index in [2.05, 4.69) is 30.8 Å². The first-order chi connectivity index (χ1) is 13.2. The fourth-order valence-corrected chi connectivity index (χ4v) is 2.87. The molecule has 1 saturated heterocycles. The molecule has 1 aromatic carbocycles. The minimum absolute atomic E-state index is 0.0258. The van der Waals surface area contributed by atoms with Gasteiger partial charge in [0, 0.05) is 45.8 Å². The van der Waals surface area contributed by atoms with Gasteiger partial charge < -0.3 is 10.6 Å². The Bertz CT molecular complexity index is 780. The van der Waals surface area contributed by atoms with Crippen LogP contribution < -0.4 is 16.1 Å². The quantitative estimate of drug-likeness (QED) is 0.236. The van der Waals surface area contributed by atoms with E-state index >= 15 is 0 Å². The fraction of sp³-hybridized carbons (Fsp3) is 0.438. The third kappa shape index (κ3) is 5.44. The molecule has 146 valence electrons. The maximum absolute atomic E-state index is 13.3. The summed E-state index contributed by atoms with van der Waals surface area (Å²) in [6.07, 6.45) is 0. The average molecular weight is 398 g/mol. The van der Waals surface area contributed by atoms with Gasteiger partial charge in [-0.05, 0) is 23.4 Å². The third-order valence-corrected chi connectivity index (χ3v) is 4.43. The zero-order valence-electron chi connectivity index (χ0n) is 14.6. The Hall–Kier alpha value is -2.11. The van der Waals surface area contributed by atoms with Crippen molar-refractivity contribution in [3.05, 3.63) is 40.4 Å². The Morgan fingerprint density at radius 2 is 2.19 bits per heavy atom. The first-order valence-electron chi connectivity index (χ1n) is 8.57. The highest BCUT2D eigenvalue weighted by atomic mass is 35.5. The summed E-state index contributed by atoms with van der Waals surface area (Å²) in [7, 11) is 0. The standard InChI is InChI=1S/C16H21ClFN7O2/c17-12-9-11(1-2-13(12)18)21-16(22-26)15-14(23-27-24-15)10-20-5-8-25-6-3-19-4-7-25/h1-2,9,19-20,26H,3-8,10H2,(H,21,22). The van der Waals surface area contributed by atoms with Gasteiger partial charge in [0.25, 0.3) is 0 Å². The van der Waals surface area contributed by atoms with Gasteiger partial charge in [-0.3, -0.25) is 15.6 Å². The normalized spacial score (nSPS) is 15.9. The van der Waals surface area contributed by atoms with Crippen molar-refractivity contribution in [3.63, 3.8) is 0 Å². The Morgan fingerprint density at radius 1 is 1.37 bits per heavy atom. The molecule has 0 bridgehead atoms. The number of hydrogen-bond donors (Lipinski definition) is 4. The van der Waals surface area contributed by atoms with E-state index in [0.717, 1.165) is 39.3 Å². The van der Waals surface area contributed by atoms with Crippen molar-refractivity contribution in [1.29, 1.82) is 0 Å². The lowest BCUT2D eigenvalue weighted by Gasteiger charge is -2.27. The lowest BCUT2D eigenvalue weighted by atomic mass is 10.2. The Kier molecular flexibility index (Phi) is 7.07. The second kappa shape index (κ2) is 9.72. The largest absolute Gasteiger partial charge is 0.314 e. The Balaban J connectivity index is 1.61. The number of benzene rings is 1. The molecule has 2 aromatic rings. The summed E-state index contributed by atoms with van der Waals surface area (Å²) in [4.78, 5) is 6.55. The molecule has 0 amide bonds. The van der Waals surface area contributed by atoms with Crippen LogP contribution in [0.5, 0.6) is 0 Å². The number of halogens is 2. The van der Waals surface area contributed by atoms with E-state index in [1.165, 1.54) is 18.2 Å². The molecule has 0 radical (unpaired) electrons. The van der Waals surface area contributed by atoms with Crippen molar-refractivity contribution in [2.45, 2.75) is 6.54 Å². The summed E-state index contributed by atoms with van der Waals surface area (Å²) in [5.74, 6) is -0.524. The lowest BCUT2D eigenvalue weighted by Crippen LogP contribution is -2.45. The van der Waals surface area contributed by atoms with E-state index in [9.17, 15) is 9.60 Å². The smallest absolute Gasteiger partial charge is 0.182 e. The van der Waals surface area contributed by atoms with Crippen molar-refractivity contribution >= 4 is 23.1 Å². The summed E-state index contributed by atoms with van der Waals surface area (Å²) in [5.41, 5.74) is 3.07. The fourth-order valence-electron chi connectivity index (χ4n) is 2.70. The van der Waals surface area contributed by atoms with E-state index < -0.39 is 5.82 Å². The lowest BCUT2D eigenvalue weighted by molar-refractivity contribution is 0.234. The van der Waals surface area contributed by atoms with Crippen LogP contribution in [-0.2, 0) is 6.54 Å². The average Bonchev–Trinajstić information content (AvgIpc) is 3.15. The van der Waals surface area contributed by atoms with E-state index in [-0.39, 0.29) is 16.6 Å². The van der Waals surface area contributed by atoms with Gasteiger partial charge in [-0.15, -0.1) is 0 Å². The van der Waals surface area contributed by atoms with E-state index in [1.807, 2.05) is 5.48 Å². The molecule has 0 unspecified atom stereocenters. The number of rotatable bonds is 7. The molecule has 1 fully saturated rings. The first kappa shape index (κ1) is 19.6. The van der Waals surface area contributed by atoms with Gasteiger partial charge in [0.1, 0.15) is 11.5 Å². The van der Waals surface area contributed by atoms with Gasteiger partial charge in [-0.2, -0.15) is 0 Å². The van der Waals surface area contributed by atoms with Gasteiger partial charge in [0.2, 0.25) is 0 Å². The number of nitrogens with one attached hydrogen (secondary N) is 3. The minimum Gasteiger partial charge on any atom is -0.314 e. The maximum Gasteiger partial charge on any atom is 0.182 e. The molecular formula is C16H21ClFN7O2. The molecule has 27 heavy (non-hydrogen) atoms. The maximum atomic E-state index is 13.3. The number of aliphatic imine (C=N–C) groups is 1. The van der Waals surface area contributed by atoms with Gasteiger partial charge in [0.15, 0.2) is 11.5 Å². The molecule has 2 heterocycles. The summed E-state index contributed by atoms with van der Waals surface area (Å²) >= 11 is 5.75. The molecule has 4 N–H and O–H groups in total. The highest BCUT2D eigenvalue weighted by Crippen LogP contribution is 2.22. The highest BCUT2D eigenvalue weighted by molar-refractivity contribution is 6.31. The van der Waals surface area contributed by atoms with Crippen LogP contribution in [0.15, 0.2) is 27.8 Å². The molecule has 0 aliphatic carbocycles. The summed E-state index contributed by atoms with van der Waals surface area (Å²) in [6.45, 7) is 6.18. The second-order valence-corrected chi connectivity index (χ2v) is 6.41. The van der Waals surface area contributed by atoms with Crippen molar-refractivity contribution in [1.82, 2.24) is 31.3 Å². The second-order valence-electron chi connectivity index (χ2n) is 6.00. The predicted octanol–water partition coefficient (Wildman–Crippen LogP) is 0.914. The number of piperazine rings is 1. The predicted molar refractivity (Wildman–Crippen MR) is 97.8 cm³/mol. The van der Waals surface area contributed by atoms with E-state index in [1.54, 1.807) is 0 Å². The van der Waals surface area contributed by atoms with Crippen LogP contribution in [0.2, 0.25) is 5.02 Å². The third-order valence-electron chi connectivity index (χ3n) is 4.14. The topological polar surface area (TPSA) is 111 Å². The summed E-state index contributed by atoms with van der Waals surface area (Å²) in [5, 5.41) is 23.6. The molecule has 0 spiro atoms. The van der Waals surface area contributed by atoms with Gasteiger partial charge in [-0.25, -0.2) is 14.0 Å². The zero-order valence-corrected chi connectivity index (χ0v) is 15.3. The Morgan fingerprint density at radius 3 is 2.93 bits per heavy atom. The SMILES string of the molecule is ONC(=Nc1ccc(F)c(Cl)c1)c1nonc1CNCCN1CCNCC1. The molecule has 1 aromatic heterocycles. The molecule has 0 saturated carbocycles. The van der Waals surface area contributed by atoms with Crippen molar-refractivity contribution in [3.8, 4) is 0 Å². The van der Waals surface area contributed by atoms with Crippen LogP contribution in [0.1, 0.15) is 11.4 Å². The van der Waals surface area contributed by atoms with Crippen LogP contribution in [-0.4, -0.2) is 65.5 Å². The van der Waals surface area contributed by atoms with E-state index in [4.69, 9.17) is 16.2 Å². The number of hydroxylamine groups is 1. The van der Waals surface area contributed by atoms with E-state index in [0.29, 0.717) is 17.9 Å². The Labute approximate surface area is 160 Å². The van der Waals surface area contributed by atoms with Gasteiger partial charge in [0.05, 0.1) is 10.7 Å². The van der Waals surface area contributed by atoms with Gasteiger partial charge >= 0.3 is 0 Å². The monoisotopic (exact) mass is 397 g/mol. The first-order valence-corrected chi connectivity index (χ1v) is 8.94. The molecule has 1 aliphatic heterocycles. The number of hydrogen-bond acceptors (Lipinski definition) is 8. The van der Waals surface area contributed by atoms with Crippen LogP contribution >= 0.6 is 11.6 Å². The molecule has 0 atom stereocenters. The highest BCUT2D eigenvalue weighted by Gasteiger charge is 2.17.